The quantitative estimate of drug-likeness (QED) is 0.579. The molecule has 1 atom stereocenters. The van der Waals surface area contributed by atoms with Crippen LogP contribution in [0.3, 0.4) is 0 Å². The standard InChI is InChI=1S/C21H27ClN2O3.CH2O2/c1-15-4-5-16(12-18(15)22)19(25)24-10-6-21(7-11-24)13-17(27-20(21)26)14-23-8-2-3-9-23;2-1-3/h4-5,12,17H,2-3,6-11,13-14H2,1H3;1H,(H,2,3). The van der Waals surface area contributed by atoms with Gasteiger partial charge in [-0.3, -0.25) is 19.3 Å². The first-order valence-electron chi connectivity index (χ1n) is 10.5. The molecular formula is C22H29ClN2O5. The zero-order valence-electron chi connectivity index (χ0n) is 17.3. The third-order valence-corrected chi connectivity index (χ3v) is 6.82. The maximum Gasteiger partial charge on any atom is 0.312 e. The number of nitrogens with zero attached hydrogens (tertiary/aromatic N) is 2. The monoisotopic (exact) mass is 436 g/mol. The minimum Gasteiger partial charge on any atom is -0.483 e. The number of carbonyl (C=O) groups excluding carboxylic acids is 2. The van der Waals surface area contributed by atoms with Crippen LogP contribution in [0.4, 0.5) is 0 Å². The molecule has 1 spiro atoms. The van der Waals surface area contributed by atoms with Crippen LogP contribution < -0.4 is 0 Å². The number of likely N-dealkylation sites (tertiary alicyclic amines) is 2. The average Bonchev–Trinajstić information content (AvgIpc) is 3.33. The Morgan fingerprint density at radius 2 is 1.90 bits per heavy atom. The van der Waals surface area contributed by atoms with Gasteiger partial charge >= 0.3 is 5.97 Å². The lowest BCUT2D eigenvalue weighted by atomic mass is 9.76. The normalized spacial score (nSPS) is 23.1. The maximum absolute atomic E-state index is 12.8. The SMILES string of the molecule is Cc1ccc(C(=O)N2CCC3(CC2)CC(CN2CCCC2)OC3=O)cc1Cl.O=CO. The molecule has 4 rings (SSSR count). The smallest absolute Gasteiger partial charge is 0.312 e. The Bertz CT molecular complexity index is 786. The van der Waals surface area contributed by atoms with Gasteiger partial charge in [0.15, 0.2) is 0 Å². The van der Waals surface area contributed by atoms with E-state index in [1.165, 1.54) is 12.8 Å². The number of carbonyl (C=O) groups is 3. The highest BCUT2D eigenvalue weighted by Gasteiger charge is 2.51. The molecule has 0 aromatic heterocycles. The lowest BCUT2D eigenvalue weighted by Crippen LogP contribution is -2.45. The van der Waals surface area contributed by atoms with Gasteiger partial charge in [-0.25, -0.2) is 0 Å². The van der Waals surface area contributed by atoms with Crippen LogP contribution >= 0.6 is 11.6 Å². The van der Waals surface area contributed by atoms with Crippen molar-refractivity contribution in [3.63, 3.8) is 0 Å². The van der Waals surface area contributed by atoms with E-state index in [1.807, 2.05) is 24.0 Å². The lowest BCUT2D eigenvalue weighted by Gasteiger charge is -2.36. The summed E-state index contributed by atoms with van der Waals surface area (Å²) in [7, 11) is 0. The number of piperidine rings is 1. The van der Waals surface area contributed by atoms with Gasteiger partial charge in [0.05, 0.1) is 5.41 Å². The van der Waals surface area contributed by atoms with E-state index in [2.05, 4.69) is 4.90 Å². The summed E-state index contributed by atoms with van der Waals surface area (Å²) in [5.41, 5.74) is 1.18. The molecule has 1 aromatic carbocycles. The van der Waals surface area contributed by atoms with Crippen LogP contribution in [0.25, 0.3) is 0 Å². The van der Waals surface area contributed by atoms with Crippen LogP contribution in [-0.4, -0.2) is 72.1 Å². The molecule has 3 aliphatic rings. The van der Waals surface area contributed by atoms with Gasteiger partial charge in [-0.15, -0.1) is 0 Å². The van der Waals surface area contributed by atoms with Gasteiger partial charge in [0, 0.05) is 36.6 Å². The predicted molar refractivity (Wildman–Crippen MR) is 113 cm³/mol. The number of aryl methyl sites for hydroxylation is 1. The minimum absolute atomic E-state index is 0.00766. The van der Waals surface area contributed by atoms with Crippen molar-refractivity contribution in [2.24, 2.45) is 5.41 Å². The summed E-state index contributed by atoms with van der Waals surface area (Å²) in [4.78, 5) is 38.0. The largest absolute Gasteiger partial charge is 0.483 e. The van der Waals surface area contributed by atoms with E-state index in [-0.39, 0.29) is 24.5 Å². The van der Waals surface area contributed by atoms with Gasteiger partial charge in [0.1, 0.15) is 6.10 Å². The average molecular weight is 437 g/mol. The van der Waals surface area contributed by atoms with Gasteiger partial charge in [-0.2, -0.15) is 0 Å². The van der Waals surface area contributed by atoms with E-state index in [1.54, 1.807) is 6.07 Å². The van der Waals surface area contributed by atoms with Gasteiger partial charge in [0.25, 0.3) is 12.4 Å². The lowest BCUT2D eigenvalue weighted by molar-refractivity contribution is -0.151. The fraction of sp³-hybridized carbons (Fsp3) is 0.591. The summed E-state index contributed by atoms with van der Waals surface area (Å²) >= 11 is 6.16. The summed E-state index contributed by atoms with van der Waals surface area (Å²) in [6.45, 7) is 5.94. The van der Waals surface area contributed by atoms with E-state index in [0.717, 1.165) is 31.6 Å². The molecule has 0 aliphatic carbocycles. The second-order valence-electron chi connectivity index (χ2n) is 8.38. The molecule has 3 heterocycles. The zero-order valence-corrected chi connectivity index (χ0v) is 18.1. The van der Waals surface area contributed by atoms with Crippen molar-refractivity contribution in [1.82, 2.24) is 9.80 Å². The molecule has 8 heteroatoms. The molecule has 164 valence electrons. The van der Waals surface area contributed by atoms with Gasteiger partial charge in [0.2, 0.25) is 0 Å². The number of carboxylic acid groups (broad SMARTS) is 1. The zero-order chi connectivity index (χ0) is 21.7. The number of esters is 1. The Kier molecular flexibility index (Phi) is 7.36. The van der Waals surface area contributed by atoms with Crippen molar-refractivity contribution >= 4 is 29.9 Å². The molecule has 1 amide bonds. The summed E-state index contributed by atoms with van der Waals surface area (Å²) < 4.78 is 5.72. The Morgan fingerprint density at radius 1 is 1.27 bits per heavy atom. The van der Waals surface area contributed by atoms with Crippen LogP contribution in [0.1, 0.15) is 48.0 Å². The summed E-state index contributed by atoms with van der Waals surface area (Å²) in [6.07, 6.45) is 4.66. The third kappa shape index (κ3) is 4.95. The molecule has 30 heavy (non-hydrogen) atoms. The Morgan fingerprint density at radius 3 is 2.50 bits per heavy atom. The van der Waals surface area contributed by atoms with E-state index in [0.29, 0.717) is 36.5 Å². The van der Waals surface area contributed by atoms with E-state index in [4.69, 9.17) is 26.2 Å². The fourth-order valence-corrected chi connectivity index (χ4v) is 4.83. The third-order valence-electron chi connectivity index (χ3n) is 6.41. The first kappa shape index (κ1) is 22.6. The predicted octanol–water partition coefficient (Wildman–Crippen LogP) is 2.98. The number of hydrogen-bond donors (Lipinski definition) is 1. The van der Waals surface area contributed by atoms with E-state index in [9.17, 15) is 9.59 Å². The highest BCUT2D eigenvalue weighted by atomic mass is 35.5. The number of cyclic esters (lactones) is 1. The fourth-order valence-electron chi connectivity index (χ4n) is 4.65. The van der Waals surface area contributed by atoms with E-state index >= 15 is 0 Å². The van der Waals surface area contributed by atoms with Crippen LogP contribution in [0.2, 0.25) is 5.02 Å². The number of halogens is 1. The number of rotatable bonds is 3. The number of hydrogen-bond acceptors (Lipinski definition) is 5. The molecule has 0 saturated carbocycles. The van der Waals surface area contributed by atoms with E-state index < -0.39 is 5.41 Å². The maximum atomic E-state index is 12.8. The number of ether oxygens (including phenoxy) is 1. The Balaban J connectivity index is 0.000000806. The topological polar surface area (TPSA) is 87.2 Å². The first-order valence-corrected chi connectivity index (χ1v) is 10.8. The van der Waals surface area contributed by atoms with Crippen LogP contribution in [0, 0.1) is 12.3 Å². The molecule has 1 unspecified atom stereocenters. The van der Waals surface area contributed by atoms with Gasteiger partial charge in [-0.05, 0) is 63.4 Å². The second kappa shape index (κ2) is 9.79. The van der Waals surface area contributed by atoms with Crippen molar-refractivity contribution in [3.8, 4) is 0 Å². The summed E-state index contributed by atoms with van der Waals surface area (Å²) in [5.74, 6) is -0.0658. The molecule has 0 radical (unpaired) electrons. The highest BCUT2D eigenvalue weighted by Crippen LogP contribution is 2.43. The second-order valence-corrected chi connectivity index (χ2v) is 8.79. The van der Waals surface area contributed by atoms with Crippen LogP contribution in [0.15, 0.2) is 18.2 Å². The molecular weight excluding hydrogens is 408 g/mol. The molecule has 7 nitrogen and oxygen atoms in total. The molecule has 3 saturated heterocycles. The van der Waals surface area contributed by atoms with Crippen molar-refractivity contribution in [3.05, 3.63) is 34.3 Å². The van der Waals surface area contributed by atoms with Crippen LogP contribution in [-0.2, 0) is 14.3 Å². The number of benzene rings is 1. The van der Waals surface area contributed by atoms with Crippen molar-refractivity contribution in [2.75, 3.05) is 32.7 Å². The molecule has 3 aliphatic heterocycles. The first-order chi connectivity index (χ1) is 14.4. The van der Waals surface area contributed by atoms with Crippen molar-refractivity contribution in [1.29, 1.82) is 0 Å². The van der Waals surface area contributed by atoms with Crippen LogP contribution in [0.5, 0.6) is 0 Å². The summed E-state index contributed by atoms with van der Waals surface area (Å²) in [5, 5.41) is 7.50. The van der Waals surface area contributed by atoms with Gasteiger partial charge in [-0.1, -0.05) is 17.7 Å². The molecule has 1 N–H and O–H groups in total. The van der Waals surface area contributed by atoms with Gasteiger partial charge < -0.3 is 14.7 Å². The molecule has 1 aromatic rings. The van der Waals surface area contributed by atoms with Crippen molar-refractivity contribution < 1.29 is 24.2 Å². The highest BCUT2D eigenvalue weighted by molar-refractivity contribution is 6.31. The Labute approximate surface area is 181 Å². The van der Waals surface area contributed by atoms with Crippen molar-refractivity contribution in [2.45, 2.75) is 45.1 Å². The molecule has 3 fully saturated rings. The Hall–Kier alpha value is -2.12. The molecule has 0 bridgehead atoms. The summed E-state index contributed by atoms with van der Waals surface area (Å²) in [6, 6.07) is 5.43. The number of amides is 1. The minimum atomic E-state index is -0.397.